The van der Waals surface area contributed by atoms with Gasteiger partial charge in [0, 0.05) is 12.4 Å². The lowest BCUT2D eigenvalue weighted by Crippen LogP contribution is -2.41. The molecular weight excluding hydrogens is 212 g/mol. The summed E-state index contributed by atoms with van der Waals surface area (Å²) < 4.78 is 0. The summed E-state index contributed by atoms with van der Waals surface area (Å²) in [5, 5.41) is 12.1. The van der Waals surface area contributed by atoms with Crippen molar-refractivity contribution >= 4 is 17.7 Å². The summed E-state index contributed by atoms with van der Waals surface area (Å²) in [5.74, 6) is 0.103. The Labute approximate surface area is 92.1 Å². The van der Waals surface area contributed by atoms with Crippen LogP contribution in [0.15, 0.2) is 24.5 Å². The lowest BCUT2D eigenvalue weighted by Gasteiger charge is -2.28. The molecule has 0 saturated carbocycles. The van der Waals surface area contributed by atoms with Crippen LogP contribution in [0.3, 0.4) is 0 Å². The van der Waals surface area contributed by atoms with Crippen molar-refractivity contribution in [3.63, 3.8) is 0 Å². The van der Waals surface area contributed by atoms with Crippen LogP contribution in [-0.4, -0.2) is 27.9 Å². The molecule has 2 heterocycles. The van der Waals surface area contributed by atoms with Gasteiger partial charge in [-0.3, -0.25) is 15.1 Å². The van der Waals surface area contributed by atoms with Crippen molar-refractivity contribution in [2.24, 2.45) is 0 Å². The standard InChI is InChI=1S/C10H12N2O2S/c13-10(14)8-3-6-15-9(12-8)7-1-4-11-5-2-7/h1-2,4-5,8-9,12H,3,6H2,(H,13,14). The van der Waals surface area contributed by atoms with E-state index in [1.807, 2.05) is 12.1 Å². The zero-order chi connectivity index (χ0) is 10.7. The molecule has 15 heavy (non-hydrogen) atoms. The Morgan fingerprint density at radius 3 is 2.93 bits per heavy atom. The first-order valence-corrected chi connectivity index (χ1v) is 5.82. The summed E-state index contributed by atoms with van der Waals surface area (Å²) in [7, 11) is 0. The molecule has 2 atom stereocenters. The number of hydrogen-bond acceptors (Lipinski definition) is 4. The Kier molecular flexibility index (Phi) is 3.23. The van der Waals surface area contributed by atoms with Crippen LogP contribution >= 0.6 is 11.8 Å². The molecule has 1 aromatic heterocycles. The third-order valence-electron chi connectivity index (χ3n) is 2.35. The van der Waals surface area contributed by atoms with Crippen molar-refractivity contribution in [2.45, 2.75) is 17.8 Å². The topological polar surface area (TPSA) is 62.2 Å². The fourth-order valence-electron chi connectivity index (χ4n) is 1.54. The van der Waals surface area contributed by atoms with Gasteiger partial charge in [0.1, 0.15) is 6.04 Å². The number of pyridine rings is 1. The minimum absolute atomic E-state index is 0.0721. The summed E-state index contributed by atoms with van der Waals surface area (Å²) in [5.41, 5.74) is 1.08. The van der Waals surface area contributed by atoms with Crippen molar-refractivity contribution in [3.05, 3.63) is 30.1 Å². The maximum absolute atomic E-state index is 10.8. The molecular formula is C10H12N2O2S. The molecule has 1 fully saturated rings. The molecule has 4 nitrogen and oxygen atoms in total. The molecule has 1 saturated heterocycles. The summed E-state index contributed by atoms with van der Waals surface area (Å²) in [6.45, 7) is 0. The van der Waals surface area contributed by atoms with E-state index >= 15 is 0 Å². The van der Waals surface area contributed by atoms with Gasteiger partial charge in [-0.05, 0) is 29.9 Å². The highest BCUT2D eigenvalue weighted by Gasteiger charge is 2.26. The highest BCUT2D eigenvalue weighted by molar-refractivity contribution is 7.99. The van der Waals surface area contributed by atoms with Crippen molar-refractivity contribution in [1.82, 2.24) is 10.3 Å². The van der Waals surface area contributed by atoms with Crippen LogP contribution in [0, 0.1) is 0 Å². The van der Waals surface area contributed by atoms with Gasteiger partial charge in [0.25, 0.3) is 0 Å². The number of thioether (sulfide) groups is 1. The maximum Gasteiger partial charge on any atom is 0.320 e. The molecule has 0 amide bonds. The number of carbonyl (C=O) groups is 1. The highest BCUT2D eigenvalue weighted by atomic mass is 32.2. The Morgan fingerprint density at radius 2 is 2.27 bits per heavy atom. The van der Waals surface area contributed by atoms with Crippen molar-refractivity contribution in [1.29, 1.82) is 0 Å². The van der Waals surface area contributed by atoms with Gasteiger partial charge in [0.05, 0.1) is 5.37 Å². The van der Waals surface area contributed by atoms with Crippen LogP contribution in [-0.2, 0) is 4.79 Å². The Morgan fingerprint density at radius 1 is 1.53 bits per heavy atom. The largest absolute Gasteiger partial charge is 0.480 e. The summed E-state index contributed by atoms with van der Waals surface area (Å²) in [4.78, 5) is 14.8. The van der Waals surface area contributed by atoms with Gasteiger partial charge in [-0.1, -0.05) is 0 Å². The highest BCUT2D eigenvalue weighted by Crippen LogP contribution is 2.31. The number of nitrogens with zero attached hydrogens (tertiary/aromatic N) is 1. The summed E-state index contributed by atoms with van der Waals surface area (Å²) >= 11 is 1.74. The number of carboxylic acids is 1. The maximum atomic E-state index is 10.8. The fourth-order valence-corrected chi connectivity index (χ4v) is 2.76. The zero-order valence-electron chi connectivity index (χ0n) is 8.09. The van der Waals surface area contributed by atoms with Crippen LogP contribution in [0.5, 0.6) is 0 Å². The van der Waals surface area contributed by atoms with Crippen LogP contribution in [0.4, 0.5) is 0 Å². The fraction of sp³-hybridized carbons (Fsp3) is 0.400. The van der Waals surface area contributed by atoms with Gasteiger partial charge in [-0.15, -0.1) is 11.8 Å². The number of aromatic nitrogens is 1. The molecule has 0 bridgehead atoms. The number of carboxylic acid groups (broad SMARTS) is 1. The Bertz CT molecular complexity index is 345. The quantitative estimate of drug-likeness (QED) is 0.792. The van der Waals surface area contributed by atoms with E-state index in [9.17, 15) is 4.79 Å². The number of hydrogen-bond donors (Lipinski definition) is 2. The van der Waals surface area contributed by atoms with E-state index in [1.54, 1.807) is 24.2 Å². The second-order valence-electron chi connectivity index (χ2n) is 3.38. The lowest BCUT2D eigenvalue weighted by atomic mass is 10.2. The van der Waals surface area contributed by atoms with Crippen LogP contribution in [0.25, 0.3) is 0 Å². The molecule has 0 radical (unpaired) electrons. The molecule has 5 heteroatoms. The van der Waals surface area contributed by atoms with E-state index in [0.29, 0.717) is 6.42 Å². The van der Waals surface area contributed by atoms with Gasteiger partial charge in [-0.2, -0.15) is 0 Å². The van der Waals surface area contributed by atoms with Crippen LogP contribution in [0.1, 0.15) is 17.4 Å². The number of aliphatic carboxylic acids is 1. The zero-order valence-corrected chi connectivity index (χ0v) is 8.91. The van der Waals surface area contributed by atoms with E-state index in [2.05, 4.69) is 10.3 Å². The SMILES string of the molecule is O=C(O)C1CCSC(c2ccncc2)N1. The van der Waals surface area contributed by atoms with E-state index < -0.39 is 12.0 Å². The average Bonchev–Trinajstić information content (AvgIpc) is 2.30. The van der Waals surface area contributed by atoms with Crippen molar-refractivity contribution in [3.8, 4) is 0 Å². The molecule has 0 aromatic carbocycles. The van der Waals surface area contributed by atoms with Gasteiger partial charge < -0.3 is 5.11 Å². The Hall–Kier alpha value is -1.07. The van der Waals surface area contributed by atoms with Crippen molar-refractivity contribution in [2.75, 3.05) is 5.75 Å². The molecule has 80 valence electrons. The molecule has 0 spiro atoms. The van der Waals surface area contributed by atoms with Gasteiger partial charge in [0.15, 0.2) is 0 Å². The molecule has 1 aliphatic heterocycles. The van der Waals surface area contributed by atoms with Gasteiger partial charge in [0.2, 0.25) is 0 Å². The summed E-state index contributed by atoms with van der Waals surface area (Å²) in [6.07, 6.45) is 4.13. The van der Waals surface area contributed by atoms with Gasteiger partial charge >= 0.3 is 5.97 Å². The van der Waals surface area contributed by atoms with Crippen molar-refractivity contribution < 1.29 is 9.90 Å². The number of nitrogens with one attached hydrogen (secondary N) is 1. The lowest BCUT2D eigenvalue weighted by molar-refractivity contribution is -0.139. The molecule has 2 N–H and O–H groups in total. The van der Waals surface area contributed by atoms with Crippen LogP contribution < -0.4 is 5.32 Å². The third-order valence-corrected chi connectivity index (χ3v) is 3.56. The monoisotopic (exact) mass is 224 g/mol. The van der Waals surface area contributed by atoms with Crippen LogP contribution in [0.2, 0.25) is 0 Å². The Balaban J connectivity index is 2.08. The molecule has 2 rings (SSSR count). The first kappa shape index (κ1) is 10.4. The predicted molar refractivity (Wildman–Crippen MR) is 58.6 cm³/mol. The molecule has 2 unspecified atom stereocenters. The molecule has 1 aromatic rings. The van der Waals surface area contributed by atoms with E-state index in [4.69, 9.17) is 5.11 Å². The predicted octanol–water partition coefficient (Wildman–Crippen LogP) is 1.26. The summed E-state index contributed by atoms with van der Waals surface area (Å²) in [6, 6.07) is 3.40. The number of rotatable bonds is 2. The minimum atomic E-state index is -0.769. The normalized spacial score (nSPS) is 26.1. The van der Waals surface area contributed by atoms with E-state index in [0.717, 1.165) is 11.3 Å². The second kappa shape index (κ2) is 4.63. The van der Waals surface area contributed by atoms with Gasteiger partial charge in [-0.25, -0.2) is 0 Å². The smallest absolute Gasteiger partial charge is 0.320 e. The molecule has 1 aliphatic rings. The first-order valence-electron chi connectivity index (χ1n) is 4.78. The minimum Gasteiger partial charge on any atom is -0.480 e. The first-order chi connectivity index (χ1) is 7.27. The van der Waals surface area contributed by atoms with E-state index in [-0.39, 0.29) is 5.37 Å². The molecule has 0 aliphatic carbocycles. The second-order valence-corrected chi connectivity index (χ2v) is 4.59. The third kappa shape index (κ3) is 2.49. The van der Waals surface area contributed by atoms with E-state index in [1.165, 1.54) is 0 Å². The average molecular weight is 224 g/mol.